The van der Waals surface area contributed by atoms with Crippen molar-refractivity contribution in [3.05, 3.63) is 116 Å². The Morgan fingerprint density at radius 2 is 1.11 bits per heavy atom. The minimum atomic E-state index is -0.827. The molecule has 6 rings (SSSR count). The Balaban J connectivity index is 1.49. The molecule has 7 heteroatoms. The molecule has 4 unspecified atom stereocenters. The van der Waals surface area contributed by atoms with Crippen LogP contribution in [0.5, 0.6) is 0 Å². The molecule has 174 valence electrons. The Morgan fingerprint density at radius 1 is 0.686 bits per heavy atom. The van der Waals surface area contributed by atoms with Crippen molar-refractivity contribution >= 4 is 54.9 Å². The Hall–Kier alpha value is -2.90. The van der Waals surface area contributed by atoms with Gasteiger partial charge < -0.3 is 0 Å². The van der Waals surface area contributed by atoms with Crippen LogP contribution in [0.4, 0.5) is 14.5 Å². The molecule has 35 heavy (non-hydrogen) atoms. The van der Waals surface area contributed by atoms with Gasteiger partial charge in [0.15, 0.2) is 0 Å². The van der Waals surface area contributed by atoms with Gasteiger partial charge >= 0.3 is 0 Å². The first-order valence-electron chi connectivity index (χ1n) is 11.1. The predicted octanol–water partition coefficient (Wildman–Crippen LogP) is 6.91. The first-order valence-corrected chi connectivity index (χ1v) is 12.7. The standard InChI is InChI=1S/C28H17Br2F2NO2/c29-16-5-1-14(2-6-16)23(15-3-7-17(30)8-4-15)24-21-9-10-22(24)26-25(21)27(34)33(28(26)35)20-12-18(31)11-19(32)13-20/h1-13,21-22,25-26H. The molecule has 3 aliphatic rings. The molecule has 3 aromatic carbocycles. The number of hydrogen-bond acceptors (Lipinski definition) is 2. The van der Waals surface area contributed by atoms with Crippen LogP contribution in [0.1, 0.15) is 11.1 Å². The monoisotopic (exact) mass is 595 g/mol. The van der Waals surface area contributed by atoms with E-state index in [-0.39, 0.29) is 17.5 Å². The van der Waals surface area contributed by atoms with Gasteiger partial charge in [0.1, 0.15) is 11.6 Å². The number of halogens is 4. The average Bonchev–Trinajstić information content (AvgIpc) is 3.45. The summed E-state index contributed by atoms with van der Waals surface area (Å²) in [5, 5.41) is 0. The second-order valence-electron chi connectivity index (χ2n) is 8.97. The van der Waals surface area contributed by atoms with Crippen molar-refractivity contribution in [2.75, 3.05) is 4.90 Å². The third-order valence-electron chi connectivity index (χ3n) is 7.08. The van der Waals surface area contributed by atoms with Gasteiger partial charge in [0.25, 0.3) is 0 Å². The summed E-state index contributed by atoms with van der Waals surface area (Å²) in [5.41, 5.74) is 3.97. The van der Waals surface area contributed by atoms with E-state index in [1.54, 1.807) is 0 Å². The summed E-state index contributed by atoms with van der Waals surface area (Å²) in [5.74, 6) is -4.21. The van der Waals surface area contributed by atoms with Crippen LogP contribution in [-0.2, 0) is 9.59 Å². The zero-order chi connectivity index (χ0) is 24.4. The number of benzene rings is 3. The van der Waals surface area contributed by atoms with Gasteiger partial charge in [0, 0.05) is 26.8 Å². The lowest BCUT2D eigenvalue weighted by Gasteiger charge is -2.22. The summed E-state index contributed by atoms with van der Waals surface area (Å²) in [6.07, 6.45) is 4.00. The molecule has 1 aliphatic heterocycles. The Labute approximate surface area is 217 Å². The molecule has 1 saturated carbocycles. The largest absolute Gasteiger partial charge is 0.274 e. The van der Waals surface area contributed by atoms with Gasteiger partial charge in [0.2, 0.25) is 11.8 Å². The molecule has 1 heterocycles. The van der Waals surface area contributed by atoms with E-state index >= 15 is 0 Å². The molecule has 0 spiro atoms. The smallest absolute Gasteiger partial charge is 0.238 e. The van der Waals surface area contributed by atoms with Crippen LogP contribution in [0.25, 0.3) is 5.57 Å². The maximum absolute atomic E-state index is 13.9. The predicted molar refractivity (Wildman–Crippen MR) is 136 cm³/mol. The van der Waals surface area contributed by atoms with E-state index < -0.39 is 35.3 Å². The summed E-state index contributed by atoms with van der Waals surface area (Å²) in [4.78, 5) is 28.0. The highest BCUT2D eigenvalue weighted by Gasteiger charge is 2.62. The minimum absolute atomic E-state index is 0.0575. The van der Waals surface area contributed by atoms with Crippen LogP contribution in [-0.4, -0.2) is 11.8 Å². The number of amides is 2. The Morgan fingerprint density at radius 3 is 1.54 bits per heavy atom. The highest BCUT2D eigenvalue weighted by Crippen LogP contribution is 2.59. The maximum atomic E-state index is 13.9. The number of allylic oxidation sites excluding steroid dienone is 3. The fourth-order valence-electron chi connectivity index (χ4n) is 5.75. The normalized spacial score (nSPS) is 24.5. The van der Waals surface area contributed by atoms with Gasteiger partial charge in [-0.2, -0.15) is 0 Å². The van der Waals surface area contributed by atoms with Crippen molar-refractivity contribution < 1.29 is 18.4 Å². The highest BCUT2D eigenvalue weighted by molar-refractivity contribution is 9.10. The van der Waals surface area contributed by atoms with Crippen LogP contribution in [0, 0.1) is 35.3 Å². The summed E-state index contributed by atoms with van der Waals surface area (Å²) in [7, 11) is 0. The second kappa shape index (κ2) is 8.35. The molecular weight excluding hydrogens is 580 g/mol. The minimum Gasteiger partial charge on any atom is -0.274 e. The summed E-state index contributed by atoms with van der Waals surface area (Å²) in [6.45, 7) is 0. The maximum Gasteiger partial charge on any atom is 0.238 e. The number of hydrogen-bond donors (Lipinski definition) is 0. The van der Waals surface area contributed by atoms with Gasteiger partial charge in [-0.1, -0.05) is 68.3 Å². The van der Waals surface area contributed by atoms with Crippen molar-refractivity contribution in [1.82, 2.24) is 0 Å². The first-order chi connectivity index (χ1) is 16.8. The van der Waals surface area contributed by atoms with Crippen LogP contribution in [0.2, 0.25) is 0 Å². The molecule has 3 aromatic rings. The molecule has 2 bridgehead atoms. The second-order valence-corrected chi connectivity index (χ2v) is 10.8. The zero-order valence-electron chi connectivity index (χ0n) is 18.1. The van der Waals surface area contributed by atoms with E-state index in [0.717, 1.165) is 54.3 Å². The topological polar surface area (TPSA) is 37.4 Å². The van der Waals surface area contributed by atoms with Crippen molar-refractivity contribution in [1.29, 1.82) is 0 Å². The lowest BCUT2D eigenvalue weighted by atomic mass is 9.85. The van der Waals surface area contributed by atoms with E-state index in [0.29, 0.717) is 0 Å². The van der Waals surface area contributed by atoms with Crippen LogP contribution >= 0.6 is 31.9 Å². The lowest BCUT2D eigenvalue weighted by molar-refractivity contribution is -0.122. The van der Waals surface area contributed by atoms with Gasteiger partial charge in [-0.3, -0.25) is 9.59 Å². The number of rotatable bonds is 3. The van der Waals surface area contributed by atoms with E-state index in [2.05, 4.69) is 31.9 Å². The summed E-state index contributed by atoms with van der Waals surface area (Å²) >= 11 is 6.98. The fourth-order valence-corrected chi connectivity index (χ4v) is 6.28. The summed E-state index contributed by atoms with van der Waals surface area (Å²) < 4.78 is 29.7. The van der Waals surface area contributed by atoms with Crippen molar-refractivity contribution in [2.24, 2.45) is 23.7 Å². The van der Waals surface area contributed by atoms with Crippen molar-refractivity contribution in [3.8, 4) is 0 Å². The molecule has 1 saturated heterocycles. The first kappa shape index (κ1) is 22.6. The SMILES string of the molecule is O=C1C2C3C=CC(C3=C(c3ccc(Br)cc3)c3ccc(Br)cc3)C2C(=O)N1c1cc(F)cc(F)c1. The molecule has 2 fully saturated rings. The number of carbonyl (C=O) groups is 2. The summed E-state index contributed by atoms with van der Waals surface area (Å²) in [6, 6.07) is 18.7. The van der Waals surface area contributed by atoms with Crippen LogP contribution in [0.15, 0.2) is 93.4 Å². The molecule has 0 radical (unpaired) electrons. The number of nitrogens with zero attached hydrogens (tertiary/aromatic N) is 1. The number of imide groups is 1. The average molecular weight is 597 g/mol. The molecule has 3 nitrogen and oxygen atoms in total. The van der Waals surface area contributed by atoms with Crippen LogP contribution < -0.4 is 4.90 Å². The van der Waals surface area contributed by atoms with Gasteiger partial charge in [-0.15, -0.1) is 0 Å². The van der Waals surface area contributed by atoms with E-state index in [4.69, 9.17) is 0 Å². The van der Waals surface area contributed by atoms with Gasteiger partial charge in [-0.25, -0.2) is 13.7 Å². The zero-order valence-corrected chi connectivity index (χ0v) is 21.3. The third-order valence-corrected chi connectivity index (χ3v) is 8.13. The quantitative estimate of drug-likeness (QED) is 0.243. The highest BCUT2D eigenvalue weighted by atomic mass is 79.9. The van der Waals surface area contributed by atoms with Crippen molar-refractivity contribution in [2.45, 2.75) is 0 Å². The number of fused-ring (bicyclic) bond motifs is 5. The lowest BCUT2D eigenvalue weighted by Crippen LogP contribution is -2.33. The van der Waals surface area contributed by atoms with E-state index in [1.807, 2.05) is 60.7 Å². The molecule has 2 amide bonds. The van der Waals surface area contributed by atoms with Gasteiger partial charge in [-0.05, 0) is 58.7 Å². The van der Waals surface area contributed by atoms with E-state index in [1.165, 1.54) is 0 Å². The Bertz CT molecular complexity index is 1350. The number of anilines is 1. The van der Waals surface area contributed by atoms with Crippen molar-refractivity contribution in [3.63, 3.8) is 0 Å². The number of carbonyl (C=O) groups excluding carboxylic acids is 2. The molecule has 2 aliphatic carbocycles. The van der Waals surface area contributed by atoms with Crippen LogP contribution in [0.3, 0.4) is 0 Å². The molecule has 0 N–H and O–H groups in total. The van der Waals surface area contributed by atoms with E-state index in [9.17, 15) is 18.4 Å². The van der Waals surface area contributed by atoms with Gasteiger partial charge in [0.05, 0.1) is 17.5 Å². The fraction of sp³-hybridized carbons (Fsp3) is 0.143. The molecular formula is C28H17Br2F2NO2. The Kier molecular flexibility index (Phi) is 5.38. The molecule has 0 aromatic heterocycles. The molecule has 4 atom stereocenters. The third kappa shape index (κ3) is 3.55.